The fourth-order valence-electron chi connectivity index (χ4n) is 4.33. The first-order valence-electron chi connectivity index (χ1n) is 12.6. The molecule has 1 aliphatic rings. The molecule has 0 saturated carbocycles. The minimum absolute atomic E-state index is 0.113. The summed E-state index contributed by atoms with van der Waals surface area (Å²) in [7, 11) is 1.59. The number of methoxy groups -OCH3 is 1. The molecule has 8 heteroatoms. The van der Waals surface area contributed by atoms with Crippen LogP contribution >= 0.6 is 0 Å². The molecule has 0 saturated heterocycles. The van der Waals surface area contributed by atoms with Crippen LogP contribution in [0.1, 0.15) is 72.2 Å². The minimum Gasteiger partial charge on any atom is -0.497 e. The van der Waals surface area contributed by atoms with Crippen molar-refractivity contribution in [3.63, 3.8) is 0 Å². The van der Waals surface area contributed by atoms with Crippen LogP contribution in [-0.2, 0) is 16.1 Å². The Morgan fingerprint density at radius 1 is 0.972 bits per heavy atom. The zero-order chi connectivity index (χ0) is 26.1. The molecule has 0 unspecified atom stereocenters. The second-order valence-corrected chi connectivity index (χ2v) is 8.85. The van der Waals surface area contributed by atoms with Crippen LogP contribution in [0, 0.1) is 0 Å². The van der Waals surface area contributed by atoms with Crippen LogP contribution in [0.25, 0.3) is 0 Å². The molecule has 0 radical (unpaired) electrons. The van der Waals surface area contributed by atoms with Gasteiger partial charge in [0.15, 0.2) is 0 Å². The molecule has 3 rings (SSSR count). The zero-order valence-electron chi connectivity index (χ0n) is 21.3. The van der Waals surface area contributed by atoms with Gasteiger partial charge in [-0.25, -0.2) is 0 Å². The van der Waals surface area contributed by atoms with Gasteiger partial charge < -0.3 is 15.0 Å². The third-order valence-corrected chi connectivity index (χ3v) is 6.38. The molecule has 0 aromatic heterocycles. The van der Waals surface area contributed by atoms with E-state index in [9.17, 15) is 19.2 Å². The van der Waals surface area contributed by atoms with Gasteiger partial charge in [0.1, 0.15) is 11.8 Å². The van der Waals surface area contributed by atoms with Crippen molar-refractivity contribution >= 4 is 23.6 Å². The predicted molar refractivity (Wildman–Crippen MR) is 137 cm³/mol. The van der Waals surface area contributed by atoms with Crippen molar-refractivity contribution in [2.75, 3.05) is 20.2 Å². The Kier molecular flexibility index (Phi) is 9.61. The summed E-state index contributed by atoms with van der Waals surface area (Å²) in [6.45, 7) is 4.92. The number of nitrogens with one attached hydrogen (secondary N) is 1. The van der Waals surface area contributed by atoms with Crippen molar-refractivity contribution in [1.82, 2.24) is 15.1 Å². The highest BCUT2D eigenvalue weighted by Crippen LogP contribution is 2.23. The molecular formula is C28H35N3O5. The second kappa shape index (κ2) is 12.9. The van der Waals surface area contributed by atoms with Gasteiger partial charge in [0.05, 0.1) is 18.2 Å². The van der Waals surface area contributed by atoms with Crippen molar-refractivity contribution in [3.8, 4) is 5.75 Å². The van der Waals surface area contributed by atoms with Gasteiger partial charge in [-0.1, -0.05) is 44.5 Å². The van der Waals surface area contributed by atoms with Crippen LogP contribution in [0.3, 0.4) is 0 Å². The van der Waals surface area contributed by atoms with Crippen LogP contribution in [0.15, 0.2) is 48.5 Å². The lowest BCUT2D eigenvalue weighted by atomic mass is 10.1. The van der Waals surface area contributed by atoms with Crippen LogP contribution in [0.4, 0.5) is 0 Å². The lowest BCUT2D eigenvalue weighted by molar-refractivity contribution is -0.141. The van der Waals surface area contributed by atoms with Crippen LogP contribution in [0.2, 0.25) is 0 Å². The van der Waals surface area contributed by atoms with Gasteiger partial charge in [0, 0.05) is 26.1 Å². The summed E-state index contributed by atoms with van der Waals surface area (Å²) in [5.74, 6) is -0.324. The third kappa shape index (κ3) is 6.30. The molecule has 4 amide bonds. The summed E-state index contributed by atoms with van der Waals surface area (Å²) in [4.78, 5) is 54.4. The van der Waals surface area contributed by atoms with Crippen molar-refractivity contribution in [3.05, 3.63) is 65.2 Å². The number of fused-ring (bicyclic) bond motifs is 1. The molecule has 192 valence electrons. The van der Waals surface area contributed by atoms with Crippen molar-refractivity contribution in [2.45, 2.75) is 58.5 Å². The standard InChI is InChI=1S/C28H35N3O5/c1-4-6-17-29-26(33)24(5-2)31(19-20-13-15-21(36-3)16-14-20)25(32)12-9-18-30-27(34)22-10-7-8-11-23(22)28(30)35/h7-8,10-11,13-16,24H,4-6,9,12,17-19H2,1-3H3,(H,29,33)/t24-/m0/s1. The quantitative estimate of drug-likeness (QED) is 0.338. The fraction of sp³-hybridized carbons (Fsp3) is 0.429. The molecule has 1 heterocycles. The molecule has 0 spiro atoms. The average molecular weight is 494 g/mol. The van der Waals surface area contributed by atoms with E-state index in [4.69, 9.17) is 4.74 Å². The number of hydrogen-bond donors (Lipinski definition) is 1. The summed E-state index contributed by atoms with van der Waals surface area (Å²) >= 11 is 0. The van der Waals surface area contributed by atoms with E-state index in [1.54, 1.807) is 36.3 Å². The number of hydrogen-bond acceptors (Lipinski definition) is 5. The molecule has 2 aromatic rings. The predicted octanol–water partition coefficient (Wildman–Crippen LogP) is 3.80. The van der Waals surface area contributed by atoms with E-state index in [0.29, 0.717) is 36.3 Å². The molecule has 1 N–H and O–H groups in total. The fourth-order valence-corrected chi connectivity index (χ4v) is 4.33. The number of ether oxygens (including phenoxy) is 1. The summed E-state index contributed by atoms with van der Waals surface area (Å²) in [6.07, 6.45) is 2.73. The third-order valence-electron chi connectivity index (χ3n) is 6.38. The SMILES string of the molecule is CCCCNC(=O)[C@H](CC)N(Cc1ccc(OC)cc1)C(=O)CCCN1C(=O)c2ccccc2C1=O. The maximum atomic E-state index is 13.4. The number of carbonyl (C=O) groups is 4. The Hall–Kier alpha value is -3.68. The van der Waals surface area contributed by atoms with Gasteiger partial charge >= 0.3 is 0 Å². The molecule has 2 aromatic carbocycles. The lowest BCUT2D eigenvalue weighted by Crippen LogP contribution is -2.49. The molecule has 36 heavy (non-hydrogen) atoms. The van der Waals surface area contributed by atoms with Gasteiger partial charge in [-0.3, -0.25) is 24.1 Å². The number of benzene rings is 2. The van der Waals surface area contributed by atoms with E-state index in [2.05, 4.69) is 12.2 Å². The average Bonchev–Trinajstić information content (AvgIpc) is 3.14. The first-order valence-corrected chi connectivity index (χ1v) is 12.6. The molecule has 1 aliphatic heterocycles. The van der Waals surface area contributed by atoms with Crippen LogP contribution < -0.4 is 10.1 Å². The number of unbranched alkanes of at least 4 members (excludes halogenated alkanes) is 1. The second-order valence-electron chi connectivity index (χ2n) is 8.85. The van der Waals surface area contributed by atoms with Gasteiger partial charge in [0.25, 0.3) is 11.8 Å². The summed E-state index contributed by atoms with van der Waals surface area (Å²) in [5.41, 5.74) is 1.67. The number of nitrogens with zero attached hydrogens (tertiary/aromatic N) is 2. The minimum atomic E-state index is -0.615. The van der Waals surface area contributed by atoms with Gasteiger partial charge in [-0.2, -0.15) is 0 Å². The highest BCUT2D eigenvalue weighted by Gasteiger charge is 2.35. The number of imide groups is 1. The van der Waals surface area contributed by atoms with Crippen molar-refractivity contribution in [1.29, 1.82) is 0 Å². The summed E-state index contributed by atoms with van der Waals surface area (Å²) < 4.78 is 5.22. The van der Waals surface area contributed by atoms with Crippen LogP contribution in [0.5, 0.6) is 5.75 Å². The van der Waals surface area contributed by atoms with E-state index >= 15 is 0 Å². The summed E-state index contributed by atoms with van der Waals surface area (Å²) in [6, 6.07) is 13.5. The van der Waals surface area contributed by atoms with E-state index < -0.39 is 6.04 Å². The Balaban J connectivity index is 1.69. The first-order chi connectivity index (χ1) is 17.4. The summed E-state index contributed by atoms with van der Waals surface area (Å²) in [5, 5.41) is 2.95. The van der Waals surface area contributed by atoms with Crippen molar-refractivity contribution in [2.24, 2.45) is 0 Å². The topological polar surface area (TPSA) is 96.0 Å². The first kappa shape index (κ1) is 26.9. The molecule has 0 fully saturated rings. The molecule has 0 bridgehead atoms. The van der Waals surface area contributed by atoms with E-state index in [1.807, 2.05) is 31.2 Å². The smallest absolute Gasteiger partial charge is 0.261 e. The zero-order valence-corrected chi connectivity index (χ0v) is 21.3. The van der Waals surface area contributed by atoms with Crippen LogP contribution in [-0.4, -0.2) is 59.7 Å². The number of rotatable bonds is 13. The number of amides is 4. The highest BCUT2D eigenvalue weighted by molar-refractivity contribution is 6.21. The van der Waals surface area contributed by atoms with E-state index in [-0.39, 0.29) is 43.1 Å². The van der Waals surface area contributed by atoms with Gasteiger partial charge in [-0.15, -0.1) is 0 Å². The largest absolute Gasteiger partial charge is 0.497 e. The number of carbonyl (C=O) groups excluding carboxylic acids is 4. The maximum Gasteiger partial charge on any atom is 0.261 e. The maximum absolute atomic E-state index is 13.4. The Labute approximate surface area is 212 Å². The monoisotopic (exact) mass is 493 g/mol. The Bertz CT molecular complexity index is 1050. The van der Waals surface area contributed by atoms with Gasteiger partial charge in [0.2, 0.25) is 11.8 Å². The molecule has 8 nitrogen and oxygen atoms in total. The van der Waals surface area contributed by atoms with Gasteiger partial charge in [-0.05, 0) is 49.1 Å². The van der Waals surface area contributed by atoms with E-state index in [1.165, 1.54) is 4.90 Å². The molecule has 0 aliphatic carbocycles. The van der Waals surface area contributed by atoms with Crippen molar-refractivity contribution < 1.29 is 23.9 Å². The Morgan fingerprint density at radius 2 is 1.61 bits per heavy atom. The van der Waals surface area contributed by atoms with E-state index in [0.717, 1.165) is 18.4 Å². The molecular weight excluding hydrogens is 458 g/mol. The highest BCUT2D eigenvalue weighted by atomic mass is 16.5. The molecule has 1 atom stereocenters. The Morgan fingerprint density at radius 3 is 2.17 bits per heavy atom. The lowest BCUT2D eigenvalue weighted by Gasteiger charge is -2.31. The normalized spacial score (nSPS) is 13.4.